The molecule has 0 rings (SSSR count). The lowest BCUT2D eigenvalue weighted by Crippen LogP contribution is -2.06. The Labute approximate surface area is 78.3 Å². The molecule has 3 heteroatoms. The number of methoxy groups -OCH3 is 2. The maximum absolute atomic E-state index is 11.2. The summed E-state index contributed by atoms with van der Waals surface area (Å²) in [5.41, 5.74) is 1.04. The average molecular weight is 181 g/mol. The SMILES string of the molecule is [CH]=C/C=C(C)/C(=C/OC)C(=O)OC. The second-order valence-corrected chi connectivity index (χ2v) is 2.30. The van der Waals surface area contributed by atoms with Crippen molar-refractivity contribution in [3.05, 3.63) is 36.1 Å². The van der Waals surface area contributed by atoms with Gasteiger partial charge in [-0.05, 0) is 12.5 Å². The summed E-state index contributed by atoms with van der Waals surface area (Å²) in [4.78, 5) is 11.2. The number of rotatable bonds is 4. The Kier molecular flexibility index (Phi) is 5.35. The molecule has 0 spiro atoms. The van der Waals surface area contributed by atoms with Crippen molar-refractivity contribution in [2.24, 2.45) is 0 Å². The summed E-state index contributed by atoms with van der Waals surface area (Å²) in [6.45, 7) is 6.92. The van der Waals surface area contributed by atoms with Gasteiger partial charge in [-0.25, -0.2) is 4.79 Å². The molecule has 0 aliphatic rings. The van der Waals surface area contributed by atoms with Crippen molar-refractivity contribution < 1.29 is 14.3 Å². The minimum atomic E-state index is -0.447. The van der Waals surface area contributed by atoms with Crippen LogP contribution in [0.5, 0.6) is 0 Å². The molecule has 0 saturated carbocycles. The molecule has 0 aliphatic carbocycles. The fourth-order valence-corrected chi connectivity index (χ4v) is 0.764. The Hall–Kier alpha value is -1.51. The molecule has 0 amide bonds. The Morgan fingerprint density at radius 3 is 2.38 bits per heavy atom. The summed E-state index contributed by atoms with van der Waals surface area (Å²) in [7, 11) is 2.77. The lowest BCUT2D eigenvalue weighted by Gasteiger charge is -2.04. The smallest absolute Gasteiger partial charge is 0.341 e. The zero-order valence-electron chi connectivity index (χ0n) is 8.03. The van der Waals surface area contributed by atoms with Crippen LogP contribution in [0.2, 0.25) is 0 Å². The number of allylic oxidation sites excluding steroid dienone is 2. The maximum Gasteiger partial charge on any atom is 0.341 e. The van der Waals surface area contributed by atoms with Crippen LogP contribution in [0.15, 0.2) is 29.6 Å². The van der Waals surface area contributed by atoms with Gasteiger partial charge in [-0.15, -0.1) is 0 Å². The van der Waals surface area contributed by atoms with Gasteiger partial charge in [0.05, 0.1) is 26.1 Å². The molecule has 0 unspecified atom stereocenters. The second kappa shape index (κ2) is 6.06. The molecule has 71 valence electrons. The summed E-state index contributed by atoms with van der Waals surface area (Å²) in [6.07, 6.45) is 4.27. The van der Waals surface area contributed by atoms with Gasteiger partial charge < -0.3 is 9.47 Å². The zero-order valence-corrected chi connectivity index (χ0v) is 8.03. The number of esters is 1. The van der Waals surface area contributed by atoms with E-state index in [-0.39, 0.29) is 0 Å². The molecular formula is C10H13O3. The summed E-state index contributed by atoms with van der Waals surface area (Å²) in [6, 6.07) is 0. The first kappa shape index (κ1) is 11.5. The van der Waals surface area contributed by atoms with E-state index >= 15 is 0 Å². The van der Waals surface area contributed by atoms with E-state index < -0.39 is 5.97 Å². The predicted molar refractivity (Wildman–Crippen MR) is 49.7 cm³/mol. The third-order valence-corrected chi connectivity index (χ3v) is 1.41. The van der Waals surface area contributed by atoms with Gasteiger partial charge in [0.15, 0.2) is 0 Å². The lowest BCUT2D eigenvalue weighted by molar-refractivity contribution is -0.135. The first-order chi connectivity index (χ1) is 6.17. The Morgan fingerprint density at radius 2 is 2.00 bits per heavy atom. The molecule has 0 N–H and O–H groups in total. The van der Waals surface area contributed by atoms with E-state index in [2.05, 4.69) is 4.74 Å². The van der Waals surface area contributed by atoms with Crippen LogP contribution in [0.25, 0.3) is 0 Å². The number of hydrogen-bond acceptors (Lipinski definition) is 3. The van der Waals surface area contributed by atoms with Crippen molar-refractivity contribution in [3.63, 3.8) is 0 Å². The number of carbonyl (C=O) groups is 1. The van der Waals surface area contributed by atoms with Crippen molar-refractivity contribution >= 4 is 5.97 Å². The molecule has 13 heavy (non-hydrogen) atoms. The first-order valence-electron chi connectivity index (χ1n) is 3.70. The highest BCUT2D eigenvalue weighted by Gasteiger charge is 2.11. The van der Waals surface area contributed by atoms with E-state index in [1.54, 1.807) is 13.0 Å². The minimum absolute atomic E-state index is 0.353. The fraction of sp³-hybridized carbons (Fsp3) is 0.300. The van der Waals surface area contributed by atoms with Gasteiger partial charge in [0.2, 0.25) is 0 Å². The molecule has 0 heterocycles. The lowest BCUT2D eigenvalue weighted by atomic mass is 10.1. The fourth-order valence-electron chi connectivity index (χ4n) is 0.764. The molecule has 0 aromatic rings. The quantitative estimate of drug-likeness (QED) is 0.286. The number of carbonyl (C=O) groups excluding carboxylic acids is 1. The molecule has 0 bridgehead atoms. The summed E-state index contributed by atoms with van der Waals surface area (Å²) in [5, 5.41) is 0. The normalized spacial score (nSPS) is 12.2. The van der Waals surface area contributed by atoms with Crippen LogP contribution < -0.4 is 0 Å². The van der Waals surface area contributed by atoms with Gasteiger partial charge in [0, 0.05) is 0 Å². The summed E-state index contributed by atoms with van der Waals surface area (Å²) < 4.78 is 9.29. The Bertz CT molecular complexity index is 249. The third kappa shape index (κ3) is 3.60. The van der Waals surface area contributed by atoms with E-state index in [1.807, 2.05) is 0 Å². The van der Waals surface area contributed by atoms with E-state index in [1.165, 1.54) is 26.6 Å². The average Bonchev–Trinajstić information content (AvgIpc) is 2.13. The molecule has 0 aromatic heterocycles. The van der Waals surface area contributed by atoms with Crippen molar-refractivity contribution in [3.8, 4) is 0 Å². The van der Waals surface area contributed by atoms with E-state index in [0.29, 0.717) is 11.1 Å². The topological polar surface area (TPSA) is 35.5 Å². The van der Waals surface area contributed by atoms with E-state index in [4.69, 9.17) is 11.3 Å². The first-order valence-corrected chi connectivity index (χ1v) is 3.70. The van der Waals surface area contributed by atoms with Crippen molar-refractivity contribution in [1.29, 1.82) is 0 Å². The minimum Gasteiger partial charge on any atom is -0.503 e. The highest BCUT2D eigenvalue weighted by atomic mass is 16.5. The van der Waals surface area contributed by atoms with E-state index in [0.717, 1.165) is 0 Å². The summed E-state index contributed by atoms with van der Waals surface area (Å²) >= 11 is 0. The van der Waals surface area contributed by atoms with Crippen LogP contribution in [0, 0.1) is 6.58 Å². The number of ether oxygens (including phenoxy) is 2. The van der Waals surface area contributed by atoms with Gasteiger partial charge in [-0.1, -0.05) is 18.7 Å². The van der Waals surface area contributed by atoms with Crippen LogP contribution in [-0.4, -0.2) is 20.2 Å². The van der Waals surface area contributed by atoms with Gasteiger partial charge in [-0.3, -0.25) is 0 Å². The van der Waals surface area contributed by atoms with E-state index in [9.17, 15) is 4.79 Å². The summed E-state index contributed by atoms with van der Waals surface area (Å²) in [5.74, 6) is -0.447. The second-order valence-electron chi connectivity index (χ2n) is 2.30. The largest absolute Gasteiger partial charge is 0.503 e. The van der Waals surface area contributed by atoms with Gasteiger partial charge in [-0.2, -0.15) is 0 Å². The van der Waals surface area contributed by atoms with Crippen LogP contribution >= 0.6 is 0 Å². The Balaban J connectivity index is 4.82. The van der Waals surface area contributed by atoms with Crippen LogP contribution in [0.4, 0.5) is 0 Å². The standard InChI is InChI=1S/C10H13O3/c1-5-6-8(2)9(7-12-3)10(11)13-4/h1,5-7H,2-4H3/b5-1?,8-6+,9-7-. The molecular weight excluding hydrogens is 168 g/mol. The molecule has 0 fully saturated rings. The van der Waals surface area contributed by atoms with Gasteiger partial charge in [0.1, 0.15) is 0 Å². The highest BCUT2D eigenvalue weighted by molar-refractivity contribution is 5.92. The monoisotopic (exact) mass is 181 g/mol. The van der Waals surface area contributed by atoms with Gasteiger partial charge >= 0.3 is 5.97 Å². The molecule has 3 nitrogen and oxygen atoms in total. The highest BCUT2D eigenvalue weighted by Crippen LogP contribution is 2.10. The van der Waals surface area contributed by atoms with Crippen LogP contribution in [0.3, 0.4) is 0 Å². The third-order valence-electron chi connectivity index (χ3n) is 1.41. The zero-order chi connectivity index (χ0) is 10.3. The molecule has 1 radical (unpaired) electrons. The van der Waals surface area contributed by atoms with Gasteiger partial charge in [0.25, 0.3) is 0 Å². The molecule has 0 aromatic carbocycles. The maximum atomic E-state index is 11.2. The van der Waals surface area contributed by atoms with Crippen LogP contribution in [-0.2, 0) is 14.3 Å². The Morgan fingerprint density at radius 1 is 1.38 bits per heavy atom. The van der Waals surface area contributed by atoms with Crippen molar-refractivity contribution in [2.45, 2.75) is 6.92 Å². The molecule has 0 aliphatic heterocycles. The molecule has 0 atom stereocenters. The van der Waals surface area contributed by atoms with Crippen LogP contribution in [0.1, 0.15) is 6.92 Å². The van der Waals surface area contributed by atoms with Crippen molar-refractivity contribution in [1.82, 2.24) is 0 Å². The molecule has 0 saturated heterocycles. The van der Waals surface area contributed by atoms with Crippen molar-refractivity contribution in [2.75, 3.05) is 14.2 Å². The predicted octanol–water partition coefficient (Wildman–Crippen LogP) is 1.63. The number of hydrogen-bond donors (Lipinski definition) is 0.